The first kappa shape index (κ1) is 15.9. The molecular formula is C13H23N3O2S. The Labute approximate surface area is 115 Å². The summed E-state index contributed by atoms with van der Waals surface area (Å²) < 4.78 is 22.2. The van der Waals surface area contributed by atoms with Gasteiger partial charge < -0.3 is 10.2 Å². The molecule has 0 saturated carbocycles. The quantitative estimate of drug-likeness (QED) is 0.744. The van der Waals surface area contributed by atoms with Gasteiger partial charge in [0.05, 0.1) is 4.90 Å². The van der Waals surface area contributed by atoms with Gasteiger partial charge in [-0.15, -0.1) is 0 Å². The Morgan fingerprint density at radius 2 is 1.84 bits per heavy atom. The molecule has 3 N–H and O–H groups in total. The average molecular weight is 285 g/mol. The molecular weight excluding hydrogens is 262 g/mol. The SMILES string of the molecule is CC(C)N(C)CCCNc1ccc(S(N)(=O)=O)cc1. The van der Waals surface area contributed by atoms with Crippen LogP contribution in [0.5, 0.6) is 0 Å². The molecule has 0 radical (unpaired) electrons. The van der Waals surface area contributed by atoms with Crippen LogP contribution in [0.1, 0.15) is 20.3 Å². The van der Waals surface area contributed by atoms with Crippen molar-refractivity contribution in [1.82, 2.24) is 4.90 Å². The van der Waals surface area contributed by atoms with Crippen LogP contribution in [0.2, 0.25) is 0 Å². The number of nitrogens with zero attached hydrogens (tertiary/aromatic N) is 1. The van der Waals surface area contributed by atoms with Crippen LogP contribution in [-0.4, -0.2) is 39.5 Å². The van der Waals surface area contributed by atoms with E-state index in [2.05, 4.69) is 31.1 Å². The van der Waals surface area contributed by atoms with E-state index in [0.717, 1.165) is 25.2 Å². The molecule has 0 bridgehead atoms. The summed E-state index contributed by atoms with van der Waals surface area (Å²) in [5, 5.41) is 8.29. The second-order valence-corrected chi connectivity index (χ2v) is 6.49. The lowest BCUT2D eigenvalue weighted by Gasteiger charge is -2.20. The van der Waals surface area contributed by atoms with Gasteiger partial charge in [0.2, 0.25) is 10.0 Å². The van der Waals surface area contributed by atoms with Gasteiger partial charge in [0.1, 0.15) is 0 Å². The Morgan fingerprint density at radius 3 is 2.32 bits per heavy atom. The Hall–Kier alpha value is -1.11. The molecule has 0 aromatic heterocycles. The maximum absolute atomic E-state index is 11.1. The van der Waals surface area contributed by atoms with E-state index in [1.165, 1.54) is 12.1 Å². The number of hydrogen-bond acceptors (Lipinski definition) is 4. The smallest absolute Gasteiger partial charge is 0.238 e. The Kier molecular flexibility index (Phi) is 5.78. The zero-order valence-electron chi connectivity index (χ0n) is 11.8. The van der Waals surface area contributed by atoms with Crippen LogP contribution < -0.4 is 10.5 Å². The zero-order chi connectivity index (χ0) is 14.5. The minimum Gasteiger partial charge on any atom is -0.385 e. The predicted molar refractivity (Wildman–Crippen MR) is 78.7 cm³/mol. The largest absolute Gasteiger partial charge is 0.385 e. The molecule has 1 aromatic rings. The summed E-state index contributed by atoms with van der Waals surface area (Å²) >= 11 is 0. The minimum absolute atomic E-state index is 0.137. The average Bonchev–Trinajstić information content (AvgIpc) is 2.33. The van der Waals surface area contributed by atoms with Gasteiger partial charge in [0.25, 0.3) is 0 Å². The highest BCUT2D eigenvalue weighted by atomic mass is 32.2. The van der Waals surface area contributed by atoms with Gasteiger partial charge in [-0.25, -0.2) is 13.6 Å². The molecule has 0 fully saturated rings. The van der Waals surface area contributed by atoms with Gasteiger partial charge in [-0.3, -0.25) is 0 Å². The van der Waals surface area contributed by atoms with Crippen molar-refractivity contribution in [1.29, 1.82) is 0 Å². The Morgan fingerprint density at radius 1 is 1.26 bits per heavy atom. The molecule has 19 heavy (non-hydrogen) atoms. The second-order valence-electron chi connectivity index (χ2n) is 4.92. The highest BCUT2D eigenvalue weighted by Gasteiger charge is 2.06. The van der Waals surface area contributed by atoms with E-state index in [0.29, 0.717) is 6.04 Å². The molecule has 0 heterocycles. The van der Waals surface area contributed by atoms with Gasteiger partial charge in [0.15, 0.2) is 0 Å². The number of nitrogens with one attached hydrogen (secondary N) is 1. The monoisotopic (exact) mass is 285 g/mol. The predicted octanol–water partition coefficient (Wildman–Crippen LogP) is 1.48. The second kappa shape index (κ2) is 6.88. The van der Waals surface area contributed by atoms with Gasteiger partial charge in [-0.05, 0) is 58.1 Å². The van der Waals surface area contributed by atoms with Gasteiger partial charge >= 0.3 is 0 Å². The Bertz CT molecular complexity index is 483. The zero-order valence-corrected chi connectivity index (χ0v) is 12.6. The number of nitrogens with two attached hydrogens (primary N) is 1. The van der Waals surface area contributed by atoms with Gasteiger partial charge in [-0.2, -0.15) is 0 Å². The lowest BCUT2D eigenvalue weighted by molar-refractivity contribution is 0.273. The molecule has 0 unspecified atom stereocenters. The van der Waals surface area contributed by atoms with Gasteiger partial charge in [0, 0.05) is 18.3 Å². The number of hydrogen-bond donors (Lipinski definition) is 2. The molecule has 6 heteroatoms. The fourth-order valence-corrected chi connectivity index (χ4v) is 2.10. The molecule has 1 aromatic carbocycles. The van der Waals surface area contributed by atoms with E-state index in [9.17, 15) is 8.42 Å². The highest BCUT2D eigenvalue weighted by Crippen LogP contribution is 2.12. The molecule has 0 aliphatic rings. The number of benzene rings is 1. The molecule has 108 valence electrons. The molecule has 0 saturated heterocycles. The number of rotatable bonds is 7. The normalized spacial score (nSPS) is 12.1. The first-order valence-corrected chi connectivity index (χ1v) is 7.92. The van der Waals surface area contributed by atoms with Crippen LogP contribution in [0.4, 0.5) is 5.69 Å². The van der Waals surface area contributed by atoms with E-state index in [1.54, 1.807) is 12.1 Å². The third-order valence-electron chi connectivity index (χ3n) is 3.08. The van der Waals surface area contributed by atoms with Crippen LogP contribution in [0.3, 0.4) is 0 Å². The first-order chi connectivity index (χ1) is 8.80. The van der Waals surface area contributed by atoms with Crippen LogP contribution >= 0.6 is 0 Å². The summed E-state index contributed by atoms with van der Waals surface area (Å²) in [4.78, 5) is 2.42. The van der Waals surface area contributed by atoms with Gasteiger partial charge in [-0.1, -0.05) is 0 Å². The fraction of sp³-hybridized carbons (Fsp3) is 0.538. The molecule has 0 spiro atoms. The number of primary sulfonamides is 1. The maximum atomic E-state index is 11.1. The standard InChI is InChI=1S/C13H23N3O2S/c1-11(2)16(3)10-4-9-15-12-5-7-13(8-6-12)19(14,17)18/h5-8,11,15H,4,9-10H2,1-3H3,(H2,14,17,18). The summed E-state index contributed by atoms with van der Waals surface area (Å²) in [7, 11) is -1.50. The highest BCUT2D eigenvalue weighted by molar-refractivity contribution is 7.89. The molecule has 5 nitrogen and oxygen atoms in total. The third kappa shape index (κ3) is 5.59. The van der Waals surface area contributed by atoms with E-state index in [1.807, 2.05) is 0 Å². The van der Waals surface area contributed by atoms with Crippen molar-refractivity contribution in [2.24, 2.45) is 5.14 Å². The summed E-state index contributed by atoms with van der Waals surface area (Å²) in [6, 6.07) is 7.03. The molecule has 0 atom stereocenters. The van der Waals surface area contributed by atoms with Crippen molar-refractivity contribution in [3.8, 4) is 0 Å². The molecule has 0 aliphatic heterocycles. The van der Waals surface area contributed by atoms with Crippen LogP contribution in [-0.2, 0) is 10.0 Å². The summed E-state index contributed by atoms with van der Waals surface area (Å²) in [6.45, 7) is 6.21. The topological polar surface area (TPSA) is 75.4 Å². The molecule has 1 rings (SSSR count). The van der Waals surface area contributed by atoms with E-state index >= 15 is 0 Å². The molecule has 0 amide bonds. The van der Waals surface area contributed by atoms with Crippen molar-refractivity contribution < 1.29 is 8.42 Å². The summed E-state index contributed by atoms with van der Waals surface area (Å²) in [5.41, 5.74) is 0.902. The van der Waals surface area contributed by atoms with Crippen LogP contribution in [0.15, 0.2) is 29.2 Å². The van der Waals surface area contributed by atoms with Crippen molar-refractivity contribution in [3.63, 3.8) is 0 Å². The fourth-order valence-electron chi connectivity index (χ4n) is 1.58. The minimum atomic E-state index is -3.60. The maximum Gasteiger partial charge on any atom is 0.238 e. The van der Waals surface area contributed by atoms with Crippen molar-refractivity contribution in [3.05, 3.63) is 24.3 Å². The van der Waals surface area contributed by atoms with Crippen molar-refractivity contribution in [2.45, 2.75) is 31.2 Å². The van der Waals surface area contributed by atoms with E-state index in [4.69, 9.17) is 5.14 Å². The first-order valence-electron chi connectivity index (χ1n) is 6.37. The summed E-state index contributed by atoms with van der Waals surface area (Å²) in [5.74, 6) is 0. The lowest BCUT2D eigenvalue weighted by Crippen LogP contribution is -2.28. The van der Waals surface area contributed by atoms with Crippen molar-refractivity contribution >= 4 is 15.7 Å². The number of anilines is 1. The lowest BCUT2D eigenvalue weighted by atomic mass is 10.3. The van der Waals surface area contributed by atoms with E-state index < -0.39 is 10.0 Å². The third-order valence-corrected chi connectivity index (χ3v) is 4.01. The summed E-state index contributed by atoms with van der Waals surface area (Å²) in [6.07, 6.45) is 1.03. The van der Waals surface area contributed by atoms with E-state index in [-0.39, 0.29) is 4.90 Å². The number of sulfonamides is 1. The Balaban J connectivity index is 2.39. The molecule has 0 aliphatic carbocycles. The van der Waals surface area contributed by atoms with Crippen molar-refractivity contribution in [2.75, 3.05) is 25.5 Å². The van der Waals surface area contributed by atoms with Crippen LogP contribution in [0, 0.1) is 0 Å². The van der Waals surface area contributed by atoms with Crippen LogP contribution in [0.25, 0.3) is 0 Å².